The molecule has 2 heterocycles. The van der Waals surface area contributed by atoms with E-state index in [4.69, 9.17) is 5.26 Å². The molecule has 0 aliphatic carbocycles. The van der Waals surface area contributed by atoms with E-state index in [0.29, 0.717) is 11.3 Å². The molecule has 0 spiro atoms. The van der Waals surface area contributed by atoms with E-state index < -0.39 is 0 Å². The van der Waals surface area contributed by atoms with Crippen LogP contribution in [-0.4, -0.2) is 42.0 Å². The van der Waals surface area contributed by atoms with Crippen molar-refractivity contribution >= 4 is 5.91 Å². The molecule has 5 heteroatoms. The highest BCUT2D eigenvalue weighted by Crippen LogP contribution is 2.05. The summed E-state index contributed by atoms with van der Waals surface area (Å²) in [6.45, 7) is 3.10. The number of amides is 1. The van der Waals surface area contributed by atoms with Crippen molar-refractivity contribution in [1.29, 1.82) is 5.26 Å². The molecule has 0 radical (unpaired) electrons. The second-order valence-corrected chi connectivity index (χ2v) is 3.59. The van der Waals surface area contributed by atoms with E-state index in [9.17, 15) is 4.79 Å². The van der Waals surface area contributed by atoms with Gasteiger partial charge in [-0.3, -0.25) is 4.79 Å². The Hall–Kier alpha value is -1.93. The number of nitrogens with zero attached hydrogens (tertiary/aromatic N) is 3. The average molecular weight is 216 g/mol. The van der Waals surface area contributed by atoms with Crippen molar-refractivity contribution in [3.8, 4) is 6.07 Å². The molecule has 0 aromatic carbocycles. The molecule has 1 aromatic heterocycles. The first-order valence-electron chi connectivity index (χ1n) is 5.17. The lowest BCUT2D eigenvalue weighted by molar-refractivity contribution is 0.0735. The zero-order valence-electron chi connectivity index (χ0n) is 8.81. The predicted molar refractivity (Wildman–Crippen MR) is 57.7 cm³/mol. The molecule has 1 aliphatic rings. The van der Waals surface area contributed by atoms with Crippen LogP contribution in [0.25, 0.3) is 0 Å². The number of carbonyl (C=O) groups excluding carboxylic acids is 1. The number of carbonyl (C=O) groups is 1. The molecule has 1 N–H and O–H groups in total. The summed E-state index contributed by atoms with van der Waals surface area (Å²) in [6.07, 6.45) is 1.46. The Balaban J connectivity index is 2.11. The molecular formula is C11H12N4O. The Morgan fingerprint density at radius 2 is 2.19 bits per heavy atom. The van der Waals surface area contributed by atoms with Crippen molar-refractivity contribution in [1.82, 2.24) is 15.2 Å². The highest BCUT2D eigenvalue weighted by molar-refractivity contribution is 5.94. The lowest BCUT2D eigenvalue weighted by Gasteiger charge is -2.27. The van der Waals surface area contributed by atoms with Gasteiger partial charge in [-0.25, -0.2) is 4.98 Å². The third-order valence-corrected chi connectivity index (χ3v) is 2.53. The third-order valence-electron chi connectivity index (χ3n) is 2.53. The molecule has 0 unspecified atom stereocenters. The van der Waals surface area contributed by atoms with Gasteiger partial charge in [0.05, 0.1) is 5.56 Å². The van der Waals surface area contributed by atoms with Gasteiger partial charge in [0.15, 0.2) is 0 Å². The molecular weight excluding hydrogens is 204 g/mol. The zero-order chi connectivity index (χ0) is 11.4. The van der Waals surface area contributed by atoms with Crippen LogP contribution in [0.1, 0.15) is 16.1 Å². The van der Waals surface area contributed by atoms with Crippen molar-refractivity contribution in [3.63, 3.8) is 0 Å². The molecule has 1 saturated heterocycles. The summed E-state index contributed by atoms with van der Waals surface area (Å²) in [5.41, 5.74) is 0.873. The van der Waals surface area contributed by atoms with Gasteiger partial charge in [0, 0.05) is 32.4 Å². The number of pyridine rings is 1. The average Bonchev–Trinajstić information content (AvgIpc) is 2.39. The zero-order valence-corrected chi connectivity index (χ0v) is 8.81. The highest BCUT2D eigenvalue weighted by Gasteiger charge is 2.17. The van der Waals surface area contributed by atoms with Crippen molar-refractivity contribution < 1.29 is 4.79 Å². The number of hydrogen-bond acceptors (Lipinski definition) is 4. The number of nitrogens with one attached hydrogen (secondary N) is 1. The second kappa shape index (κ2) is 4.73. The maximum atomic E-state index is 12.0. The van der Waals surface area contributed by atoms with Crippen LogP contribution in [0.4, 0.5) is 0 Å². The van der Waals surface area contributed by atoms with Crippen LogP contribution < -0.4 is 5.32 Å². The molecule has 1 amide bonds. The molecule has 82 valence electrons. The number of rotatable bonds is 1. The number of nitriles is 1. The maximum absolute atomic E-state index is 12.0. The molecule has 0 atom stereocenters. The first-order valence-corrected chi connectivity index (χ1v) is 5.17. The minimum Gasteiger partial charge on any atom is -0.336 e. The largest absolute Gasteiger partial charge is 0.336 e. The van der Waals surface area contributed by atoms with Gasteiger partial charge in [-0.2, -0.15) is 5.26 Å². The SMILES string of the molecule is N#Cc1ccc(C(=O)N2CCNCC2)cn1. The summed E-state index contributed by atoms with van der Waals surface area (Å²) in [6, 6.07) is 5.14. The monoisotopic (exact) mass is 216 g/mol. The summed E-state index contributed by atoms with van der Waals surface area (Å²) in [7, 11) is 0. The van der Waals surface area contributed by atoms with Gasteiger partial charge in [0.2, 0.25) is 0 Å². The van der Waals surface area contributed by atoms with Gasteiger partial charge in [0.1, 0.15) is 11.8 Å². The Bertz CT molecular complexity index is 415. The standard InChI is InChI=1S/C11H12N4O/c12-7-10-2-1-9(8-14-10)11(16)15-5-3-13-4-6-15/h1-2,8,13H,3-6H2. The minimum atomic E-state index is -0.0153. The smallest absolute Gasteiger partial charge is 0.255 e. The molecule has 0 bridgehead atoms. The summed E-state index contributed by atoms with van der Waals surface area (Å²) in [5, 5.41) is 11.8. The lowest BCUT2D eigenvalue weighted by atomic mass is 10.2. The first kappa shape index (κ1) is 10.6. The first-order chi connectivity index (χ1) is 7.81. The van der Waals surface area contributed by atoms with Crippen LogP contribution in [0.3, 0.4) is 0 Å². The molecule has 1 fully saturated rings. The Morgan fingerprint density at radius 1 is 1.44 bits per heavy atom. The van der Waals surface area contributed by atoms with Crippen molar-refractivity contribution in [2.45, 2.75) is 0 Å². The molecule has 1 aliphatic heterocycles. The summed E-state index contributed by atoms with van der Waals surface area (Å²) < 4.78 is 0. The summed E-state index contributed by atoms with van der Waals surface area (Å²) in [4.78, 5) is 17.7. The summed E-state index contributed by atoms with van der Waals surface area (Å²) >= 11 is 0. The van der Waals surface area contributed by atoms with E-state index in [1.165, 1.54) is 6.20 Å². The van der Waals surface area contributed by atoms with Gasteiger partial charge in [-0.15, -0.1) is 0 Å². The van der Waals surface area contributed by atoms with E-state index in [-0.39, 0.29) is 5.91 Å². The van der Waals surface area contributed by atoms with E-state index in [2.05, 4.69) is 10.3 Å². The van der Waals surface area contributed by atoms with Crippen LogP contribution in [-0.2, 0) is 0 Å². The molecule has 5 nitrogen and oxygen atoms in total. The minimum absolute atomic E-state index is 0.0153. The van der Waals surface area contributed by atoms with Gasteiger partial charge in [-0.1, -0.05) is 0 Å². The Labute approximate surface area is 93.7 Å². The van der Waals surface area contributed by atoms with Crippen LogP contribution in [0, 0.1) is 11.3 Å². The Morgan fingerprint density at radius 3 is 2.75 bits per heavy atom. The van der Waals surface area contributed by atoms with Crippen LogP contribution in [0.2, 0.25) is 0 Å². The van der Waals surface area contributed by atoms with Gasteiger partial charge in [0.25, 0.3) is 5.91 Å². The van der Waals surface area contributed by atoms with E-state index in [1.807, 2.05) is 6.07 Å². The fourth-order valence-corrected chi connectivity index (χ4v) is 1.64. The molecule has 2 rings (SSSR count). The highest BCUT2D eigenvalue weighted by atomic mass is 16.2. The number of piperazine rings is 1. The maximum Gasteiger partial charge on any atom is 0.255 e. The predicted octanol–water partition coefficient (Wildman–Crippen LogP) is -0.00132. The quantitative estimate of drug-likeness (QED) is 0.717. The van der Waals surface area contributed by atoms with E-state index in [1.54, 1.807) is 17.0 Å². The third kappa shape index (κ3) is 2.18. The van der Waals surface area contributed by atoms with Crippen molar-refractivity contribution in [2.24, 2.45) is 0 Å². The topological polar surface area (TPSA) is 69.0 Å². The van der Waals surface area contributed by atoms with Gasteiger partial charge < -0.3 is 10.2 Å². The lowest BCUT2D eigenvalue weighted by Crippen LogP contribution is -2.46. The number of hydrogen-bond donors (Lipinski definition) is 1. The van der Waals surface area contributed by atoms with Gasteiger partial charge in [-0.05, 0) is 12.1 Å². The fraction of sp³-hybridized carbons (Fsp3) is 0.364. The number of aromatic nitrogens is 1. The van der Waals surface area contributed by atoms with Crippen LogP contribution in [0.15, 0.2) is 18.3 Å². The van der Waals surface area contributed by atoms with E-state index in [0.717, 1.165) is 26.2 Å². The Kier molecular flexibility index (Phi) is 3.13. The second-order valence-electron chi connectivity index (χ2n) is 3.59. The molecule has 1 aromatic rings. The van der Waals surface area contributed by atoms with Gasteiger partial charge >= 0.3 is 0 Å². The normalized spacial score (nSPS) is 15.6. The summed E-state index contributed by atoms with van der Waals surface area (Å²) in [5.74, 6) is -0.0153. The van der Waals surface area contributed by atoms with Crippen LogP contribution >= 0.6 is 0 Å². The van der Waals surface area contributed by atoms with E-state index >= 15 is 0 Å². The van der Waals surface area contributed by atoms with Crippen LogP contribution in [0.5, 0.6) is 0 Å². The molecule has 16 heavy (non-hydrogen) atoms. The van der Waals surface area contributed by atoms with Crippen molar-refractivity contribution in [2.75, 3.05) is 26.2 Å². The molecule has 0 saturated carbocycles. The van der Waals surface area contributed by atoms with Crippen molar-refractivity contribution in [3.05, 3.63) is 29.6 Å². The fourth-order valence-electron chi connectivity index (χ4n) is 1.64.